The molecule has 1 aromatic rings. The average molecular weight is 236 g/mol. The van der Waals surface area contributed by atoms with Crippen molar-refractivity contribution in [2.24, 2.45) is 5.73 Å². The Morgan fingerprint density at radius 3 is 2.47 bits per heavy atom. The third-order valence-electron chi connectivity index (χ3n) is 2.47. The van der Waals surface area contributed by atoms with Gasteiger partial charge in [-0.25, -0.2) is 0 Å². The quantitative estimate of drug-likeness (QED) is 0.694. The molecule has 0 fully saturated rings. The van der Waals surface area contributed by atoms with Gasteiger partial charge in [-0.1, -0.05) is 30.3 Å². The zero-order valence-corrected chi connectivity index (χ0v) is 10.3. The first-order chi connectivity index (χ1) is 7.93. The first-order valence-corrected chi connectivity index (χ1v) is 5.68. The first kappa shape index (κ1) is 13.7. The zero-order valence-electron chi connectivity index (χ0n) is 10.3. The summed E-state index contributed by atoms with van der Waals surface area (Å²) in [6.45, 7) is 3.18. The minimum atomic E-state index is -0.926. The van der Waals surface area contributed by atoms with Crippen molar-refractivity contribution in [3.8, 4) is 0 Å². The van der Waals surface area contributed by atoms with Gasteiger partial charge in [0.2, 0.25) is 5.91 Å². The number of hydrogen-bond donors (Lipinski definition) is 3. The number of carbonyl (C=O) groups excluding carboxylic acids is 1. The first-order valence-electron chi connectivity index (χ1n) is 5.68. The van der Waals surface area contributed by atoms with Gasteiger partial charge in [0.15, 0.2) is 0 Å². The topological polar surface area (TPSA) is 75.4 Å². The second-order valence-corrected chi connectivity index (χ2v) is 4.76. The summed E-state index contributed by atoms with van der Waals surface area (Å²) >= 11 is 0. The van der Waals surface area contributed by atoms with E-state index in [-0.39, 0.29) is 18.6 Å². The summed E-state index contributed by atoms with van der Waals surface area (Å²) in [6.07, 6.45) is 0.596. The molecule has 0 aromatic heterocycles. The maximum atomic E-state index is 11.7. The van der Waals surface area contributed by atoms with Crippen LogP contribution in [0.25, 0.3) is 0 Å². The Morgan fingerprint density at radius 2 is 2.00 bits per heavy atom. The molecule has 1 aromatic carbocycles. The van der Waals surface area contributed by atoms with Gasteiger partial charge in [-0.15, -0.1) is 0 Å². The van der Waals surface area contributed by atoms with E-state index in [1.165, 1.54) is 0 Å². The zero-order chi connectivity index (χ0) is 12.9. The third-order valence-corrected chi connectivity index (χ3v) is 2.47. The van der Waals surface area contributed by atoms with Gasteiger partial charge in [0.05, 0.1) is 18.2 Å². The third kappa shape index (κ3) is 4.54. The standard InChI is InChI=1S/C13H20N2O2/c1-13(2,14)12(17)15-11(9-16)8-10-6-4-3-5-7-10/h3-7,11,16H,8-9,14H2,1-2H3,(H,15,17). The van der Waals surface area contributed by atoms with E-state index in [1.807, 2.05) is 30.3 Å². The van der Waals surface area contributed by atoms with Gasteiger partial charge in [0, 0.05) is 0 Å². The van der Waals surface area contributed by atoms with Gasteiger partial charge in [0.1, 0.15) is 0 Å². The van der Waals surface area contributed by atoms with Crippen molar-refractivity contribution in [1.29, 1.82) is 0 Å². The molecule has 0 heterocycles. The van der Waals surface area contributed by atoms with Gasteiger partial charge in [-0.05, 0) is 25.8 Å². The molecule has 4 nitrogen and oxygen atoms in total. The van der Waals surface area contributed by atoms with Crippen LogP contribution in [0, 0.1) is 0 Å². The van der Waals surface area contributed by atoms with E-state index in [0.717, 1.165) is 5.56 Å². The van der Waals surface area contributed by atoms with Crippen LogP contribution >= 0.6 is 0 Å². The number of amides is 1. The Balaban J connectivity index is 2.59. The highest BCUT2D eigenvalue weighted by molar-refractivity contribution is 5.85. The van der Waals surface area contributed by atoms with E-state index in [0.29, 0.717) is 6.42 Å². The van der Waals surface area contributed by atoms with E-state index in [1.54, 1.807) is 13.8 Å². The van der Waals surface area contributed by atoms with Gasteiger partial charge in [-0.3, -0.25) is 4.79 Å². The van der Waals surface area contributed by atoms with Crippen molar-refractivity contribution < 1.29 is 9.90 Å². The molecule has 1 amide bonds. The van der Waals surface area contributed by atoms with Gasteiger partial charge in [0.25, 0.3) is 0 Å². The lowest BCUT2D eigenvalue weighted by Crippen LogP contribution is -2.53. The number of nitrogens with two attached hydrogens (primary N) is 1. The fourth-order valence-corrected chi connectivity index (χ4v) is 1.43. The van der Waals surface area contributed by atoms with E-state index < -0.39 is 5.54 Å². The Bertz CT molecular complexity index is 357. The number of benzene rings is 1. The largest absolute Gasteiger partial charge is 0.394 e. The summed E-state index contributed by atoms with van der Waals surface area (Å²) < 4.78 is 0. The number of aliphatic hydroxyl groups is 1. The van der Waals surface area contributed by atoms with Crippen molar-refractivity contribution in [3.05, 3.63) is 35.9 Å². The van der Waals surface area contributed by atoms with Gasteiger partial charge >= 0.3 is 0 Å². The lowest BCUT2D eigenvalue weighted by atomic mass is 10.0. The molecule has 94 valence electrons. The predicted octanol–water partition coefficient (Wildman–Crippen LogP) is 0.444. The summed E-state index contributed by atoms with van der Waals surface area (Å²) in [5.41, 5.74) is 5.83. The molecule has 17 heavy (non-hydrogen) atoms. The van der Waals surface area contributed by atoms with Crippen LogP contribution in [0.3, 0.4) is 0 Å². The molecule has 1 unspecified atom stereocenters. The number of hydrogen-bond acceptors (Lipinski definition) is 3. The highest BCUT2D eigenvalue weighted by atomic mass is 16.3. The number of carbonyl (C=O) groups is 1. The summed E-state index contributed by atoms with van der Waals surface area (Å²) in [5, 5.41) is 12.0. The predicted molar refractivity (Wildman–Crippen MR) is 67.4 cm³/mol. The second kappa shape index (κ2) is 5.80. The van der Waals surface area contributed by atoms with Crippen LogP contribution in [0.4, 0.5) is 0 Å². The van der Waals surface area contributed by atoms with E-state index in [9.17, 15) is 9.90 Å². The lowest BCUT2D eigenvalue weighted by molar-refractivity contribution is -0.126. The lowest BCUT2D eigenvalue weighted by Gasteiger charge is -2.23. The van der Waals surface area contributed by atoms with Crippen LogP contribution in [0.1, 0.15) is 19.4 Å². The molecule has 0 bridgehead atoms. The molecule has 0 radical (unpaired) electrons. The fraction of sp³-hybridized carbons (Fsp3) is 0.462. The van der Waals surface area contributed by atoms with Crippen molar-refractivity contribution in [2.75, 3.05) is 6.61 Å². The molecule has 1 atom stereocenters. The molecular weight excluding hydrogens is 216 g/mol. The maximum absolute atomic E-state index is 11.7. The molecule has 0 aliphatic heterocycles. The average Bonchev–Trinajstić information content (AvgIpc) is 2.28. The molecule has 0 aliphatic carbocycles. The number of aliphatic hydroxyl groups excluding tert-OH is 1. The van der Waals surface area contributed by atoms with Gasteiger partial charge < -0.3 is 16.2 Å². The van der Waals surface area contributed by atoms with E-state index in [2.05, 4.69) is 5.32 Å². The van der Waals surface area contributed by atoms with Crippen molar-refractivity contribution >= 4 is 5.91 Å². The number of rotatable bonds is 5. The second-order valence-electron chi connectivity index (χ2n) is 4.76. The molecule has 0 aliphatic rings. The normalized spacial score (nSPS) is 13.2. The Labute approximate surface area is 102 Å². The highest BCUT2D eigenvalue weighted by Crippen LogP contribution is 2.04. The molecule has 4 N–H and O–H groups in total. The monoisotopic (exact) mass is 236 g/mol. The molecule has 0 saturated heterocycles. The van der Waals surface area contributed by atoms with E-state index in [4.69, 9.17) is 5.73 Å². The molecule has 0 saturated carbocycles. The van der Waals surface area contributed by atoms with Crippen molar-refractivity contribution in [2.45, 2.75) is 31.8 Å². The maximum Gasteiger partial charge on any atom is 0.239 e. The van der Waals surface area contributed by atoms with Crippen LogP contribution in [-0.4, -0.2) is 29.2 Å². The van der Waals surface area contributed by atoms with Crippen molar-refractivity contribution in [3.63, 3.8) is 0 Å². The Hall–Kier alpha value is -1.39. The minimum absolute atomic E-state index is 0.100. The van der Waals surface area contributed by atoms with Crippen LogP contribution in [0.2, 0.25) is 0 Å². The summed E-state index contributed by atoms with van der Waals surface area (Å²) in [7, 11) is 0. The smallest absolute Gasteiger partial charge is 0.239 e. The van der Waals surface area contributed by atoms with E-state index >= 15 is 0 Å². The molecule has 0 spiro atoms. The summed E-state index contributed by atoms with van der Waals surface area (Å²) in [4.78, 5) is 11.7. The Kier molecular flexibility index (Phi) is 4.66. The SMILES string of the molecule is CC(C)(N)C(=O)NC(CO)Cc1ccccc1. The number of nitrogens with one attached hydrogen (secondary N) is 1. The van der Waals surface area contributed by atoms with Crippen LogP contribution < -0.4 is 11.1 Å². The van der Waals surface area contributed by atoms with Gasteiger partial charge in [-0.2, -0.15) is 0 Å². The van der Waals surface area contributed by atoms with Crippen LogP contribution in [-0.2, 0) is 11.2 Å². The summed E-state index contributed by atoms with van der Waals surface area (Å²) in [6, 6.07) is 9.41. The fourth-order valence-electron chi connectivity index (χ4n) is 1.43. The summed E-state index contributed by atoms with van der Waals surface area (Å²) in [5.74, 6) is -0.257. The highest BCUT2D eigenvalue weighted by Gasteiger charge is 2.24. The molecule has 4 heteroatoms. The minimum Gasteiger partial charge on any atom is -0.394 e. The van der Waals surface area contributed by atoms with Crippen LogP contribution in [0.5, 0.6) is 0 Å². The van der Waals surface area contributed by atoms with Crippen LogP contribution in [0.15, 0.2) is 30.3 Å². The Morgan fingerprint density at radius 1 is 1.41 bits per heavy atom. The molecule has 1 rings (SSSR count). The molecular formula is C13H20N2O2. The van der Waals surface area contributed by atoms with Crippen molar-refractivity contribution in [1.82, 2.24) is 5.32 Å².